The van der Waals surface area contributed by atoms with Gasteiger partial charge in [0, 0.05) is 38.2 Å². The lowest BCUT2D eigenvalue weighted by Crippen LogP contribution is -2.39. The van der Waals surface area contributed by atoms with Gasteiger partial charge in [0.15, 0.2) is 5.78 Å². The van der Waals surface area contributed by atoms with Gasteiger partial charge >= 0.3 is 0 Å². The minimum atomic E-state index is -4.00. The molecule has 38 heavy (non-hydrogen) atoms. The second-order valence-electron chi connectivity index (χ2n) is 8.79. The minimum absolute atomic E-state index is 0.0202. The van der Waals surface area contributed by atoms with Crippen molar-refractivity contribution < 1.29 is 27.5 Å². The Morgan fingerprint density at radius 2 is 1.71 bits per heavy atom. The zero-order chi connectivity index (χ0) is 28.3. The van der Waals surface area contributed by atoms with E-state index in [9.17, 15) is 18.0 Å². The maximum atomic E-state index is 13.0. The Morgan fingerprint density at radius 3 is 2.29 bits per heavy atom. The molecule has 0 aliphatic carbocycles. The number of sulfonamides is 1. The van der Waals surface area contributed by atoms with E-state index in [1.165, 1.54) is 20.2 Å². The number of amides is 1. The smallest absolute Gasteiger partial charge is 0.245 e. The summed E-state index contributed by atoms with van der Waals surface area (Å²) in [5.41, 5.74) is 0.990. The van der Waals surface area contributed by atoms with Crippen molar-refractivity contribution in [3.05, 3.63) is 52.5 Å². The quantitative estimate of drug-likeness (QED) is 0.243. The molecule has 0 fully saturated rings. The molecule has 0 unspecified atom stereocenters. The second-order valence-corrected chi connectivity index (χ2v) is 11.2. The largest absolute Gasteiger partial charge is 0.497 e. The predicted molar refractivity (Wildman–Crippen MR) is 149 cm³/mol. The molecule has 0 radical (unpaired) electrons. The number of nitrogens with zero attached hydrogens (tertiary/aromatic N) is 2. The predicted octanol–water partition coefficient (Wildman–Crippen LogP) is 3.78. The highest BCUT2D eigenvalue weighted by Gasteiger charge is 2.27. The first-order valence-electron chi connectivity index (χ1n) is 12.6. The Balaban J connectivity index is 1.79. The van der Waals surface area contributed by atoms with E-state index in [-0.39, 0.29) is 35.2 Å². The SMILES string of the molecule is CCN(CC)CCOc1ccc(C(=O)CCCNC(=O)CN(C)S(=O)(=O)c2c(C)cc(OC)cc2Cl)cc1. The molecule has 0 saturated carbocycles. The fourth-order valence-corrected chi connectivity index (χ4v) is 5.75. The van der Waals surface area contributed by atoms with E-state index < -0.39 is 15.9 Å². The van der Waals surface area contributed by atoms with Crippen LogP contribution in [0.5, 0.6) is 11.5 Å². The number of halogens is 1. The molecule has 0 aliphatic rings. The van der Waals surface area contributed by atoms with Crippen LogP contribution in [-0.4, -0.2) is 82.8 Å². The Morgan fingerprint density at radius 1 is 1.05 bits per heavy atom. The van der Waals surface area contributed by atoms with Gasteiger partial charge in [-0.1, -0.05) is 25.4 Å². The van der Waals surface area contributed by atoms with Gasteiger partial charge in [-0.3, -0.25) is 9.59 Å². The lowest BCUT2D eigenvalue weighted by atomic mass is 10.1. The highest BCUT2D eigenvalue weighted by Crippen LogP contribution is 2.31. The molecule has 0 bridgehead atoms. The first kappa shape index (κ1) is 31.6. The van der Waals surface area contributed by atoms with E-state index in [0.29, 0.717) is 35.7 Å². The number of carbonyl (C=O) groups excluding carboxylic acids is 2. The number of Topliss-reactive ketones (excluding diaryl/α,β-unsaturated/α-hetero) is 1. The molecule has 11 heteroatoms. The van der Waals surface area contributed by atoms with Crippen LogP contribution in [0.3, 0.4) is 0 Å². The summed E-state index contributed by atoms with van der Waals surface area (Å²) in [6.07, 6.45) is 0.670. The molecular formula is C27H38ClN3O6S. The van der Waals surface area contributed by atoms with Gasteiger partial charge in [-0.2, -0.15) is 4.31 Å². The number of rotatable bonds is 16. The fourth-order valence-electron chi connectivity index (χ4n) is 3.83. The molecule has 0 heterocycles. The van der Waals surface area contributed by atoms with Crippen LogP contribution >= 0.6 is 11.6 Å². The van der Waals surface area contributed by atoms with Gasteiger partial charge in [0.2, 0.25) is 15.9 Å². The number of likely N-dealkylation sites (N-methyl/N-ethyl adjacent to an activating group) is 2. The standard InChI is InChI=1S/C27H38ClN3O6S/c1-6-31(7-2)15-16-37-22-12-10-21(11-13-22)25(32)9-8-14-29-26(33)19-30(4)38(34,35)27-20(3)17-23(36-5)18-24(27)28/h10-13,17-18H,6-9,14-16,19H2,1-5H3,(H,29,33). The summed E-state index contributed by atoms with van der Waals surface area (Å²) >= 11 is 6.19. The molecule has 0 saturated heterocycles. The van der Waals surface area contributed by atoms with Gasteiger partial charge in [-0.05, 0) is 62.3 Å². The molecule has 0 aromatic heterocycles. The van der Waals surface area contributed by atoms with Crippen molar-refractivity contribution in [1.29, 1.82) is 0 Å². The lowest BCUT2D eigenvalue weighted by Gasteiger charge is -2.19. The van der Waals surface area contributed by atoms with E-state index in [2.05, 4.69) is 24.1 Å². The first-order valence-corrected chi connectivity index (χ1v) is 14.4. The zero-order valence-electron chi connectivity index (χ0n) is 22.8. The molecule has 2 aromatic carbocycles. The van der Waals surface area contributed by atoms with E-state index >= 15 is 0 Å². The third-order valence-electron chi connectivity index (χ3n) is 6.12. The lowest BCUT2D eigenvalue weighted by molar-refractivity contribution is -0.121. The van der Waals surface area contributed by atoms with E-state index in [4.69, 9.17) is 21.1 Å². The van der Waals surface area contributed by atoms with Crippen LogP contribution < -0.4 is 14.8 Å². The number of methoxy groups -OCH3 is 1. The van der Waals surface area contributed by atoms with Crippen LogP contribution in [-0.2, 0) is 14.8 Å². The summed E-state index contributed by atoms with van der Waals surface area (Å²) in [4.78, 5) is 27.0. The number of benzene rings is 2. The number of ether oxygens (including phenoxy) is 2. The van der Waals surface area contributed by atoms with Crippen LogP contribution in [0, 0.1) is 6.92 Å². The van der Waals surface area contributed by atoms with Gasteiger partial charge in [0.05, 0.1) is 18.7 Å². The summed E-state index contributed by atoms with van der Waals surface area (Å²) in [5, 5.41) is 2.69. The minimum Gasteiger partial charge on any atom is -0.497 e. The number of carbonyl (C=O) groups is 2. The number of hydrogen-bond donors (Lipinski definition) is 1. The van der Waals surface area contributed by atoms with Gasteiger partial charge in [0.1, 0.15) is 23.0 Å². The Hall–Kier alpha value is -2.66. The topological polar surface area (TPSA) is 105 Å². The summed E-state index contributed by atoms with van der Waals surface area (Å²) in [6, 6.07) is 10.0. The van der Waals surface area contributed by atoms with Gasteiger partial charge in [-0.15, -0.1) is 0 Å². The number of ketones is 1. The zero-order valence-corrected chi connectivity index (χ0v) is 24.3. The molecule has 0 spiro atoms. The van der Waals surface area contributed by atoms with Gasteiger partial charge in [-0.25, -0.2) is 8.42 Å². The maximum Gasteiger partial charge on any atom is 0.245 e. The summed E-state index contributed by atoms with van der Waals surface area (Å²) < 4.78 is 37.8. The molecule has 0 atom stereocenters. The number of aryl methyl sites for hydroxylation is 1. The van der Waals surface area contributed by atoms with E-state index in [0.717, 1.165) is 23.9 Å². The average Bonchev–Trinajstić information content (AvgIpc) is 2.88. The third kappa shape index (κ3) is 8.97. The van der Waals surface area contributed by atoms with E-state index in [1.807, 2.05) is 0 Å². The summed E-state index contributed by atoms with van der Waals surface area (Å²) in [5.74, 6) is 0.637. The third-order valence-corrected chi connectivity index (χ3v) is 8.54. The molecule has 1 amide bonds. The van der Waals surface area contributed by atoms with Crippen LogP contribution in [0.1, 0.15) is 42.6 Å². The van der Waals surface area contributed by atoms with Crippen LogP contribution in [0.25, 0.3) is 0 Å². The maximum absolute atomic E-state index is 13.0. The Bertz CT molecular complexity index is 1160. The molecule has 1 N–H and O–H groups in total. The Kier molecular flexibility index (Phi) is 12.5. The monoisotopic (exact) mass is 567 g/mol. The second kappa shape index (κ2) is 15.1. The number of hydrogen-bond acceptors (Lipinski definition) is 7. The summed E-state index contributed by atoms with van der Waals surface area (Å²) in [6.45, 7) is 9.07. The van der Waals surface area contributed by atoms with Gasteiger partial charge in [0.25, 0.3) is 0 Å². The molecule has 9 nitrogen and oxygen atoms in total. The normalized spacial score (nSPS) is 11.6. The van der Waals surface area contributed by atoms with Crippen molar-refractivity contribution in [3.8, 4) is 11.5 Å². The van der Waals surface area contributed by atoms with E-state index in [1.54, 1.807) is 37.3 Å². The Labute approximate surface area is 231 Å². The first-order chi connectivity index (χ1) is 18.0. The van der Waals surface area contributed by atoms with Crippen molar-refractivity contribution in [2.24, 2.45) is 0 Å². The molecule has 0 aliphatic heterocycles. The molecule has 210 valence electrons. The fraction of sp³-hybridized carbons (Fsp3) is 0.481. The number of nitrogens with one attached hydrogen (secondary N) is 1. The van der Waals surface area contributed by atoms with Crippen molar-refractivity contribution in [2.45, 2.75) is 38.5 Å². The average molecular weight is 568 g/mol. The van der Waals surface area contributed by atoms with Crippen LogP contribution in [0.15, 0.2) is 41.3 Å². The van der Waals surface area contributed by atoms with Crippen molar-refractivity contribution in [2.75, 3.05) is 53.5 Å². The van der Waals surface area contributed by atoms with Crippen molar-refractivity contribution >= 4 is 33.3 Å². The van der Waals surface area contributed by atoms with Crippen LogP contribution in [0.2, 0.25) is 5.02 Å². The highest BCUT2D eigenvalue weighted by molar-refractivity contribution is 7.89. The molecule has 2 aromatic rings. The highest BCUT2D eigenvalue weighted by atomic mass is 35.5. The molecule has 2 rings (SSSR count). The summed E-state index contributed by atoms with van der Waals surface area (Å²) in [7, 11) is -1.22. The van der Waals surface area contributed by atoms with Crippen LogP contribution in [0.4, 0.5) is 0 Å². The van der Waals surface area contributed by atoms with Crippen molar-refractivity contribution in [1.82, 2.24) is 14.5 Å². The van der Waals surface area contributed by atoms with Gasteiger partial charge < -0.3 is 19.7 Å². The molecular weight excluding hydrogens is 530 g/mol. The van der Waals surface area contributed by atoms with Crippen molar-refractivity contribution in [3.63, 3.8) is 0 Å².